The molecule has 0 radical (unpaired) electrons. The maximum absolute atomic E-state index is 12.9. The van der Waals surface area contributed by atoms with Crippen LogP contribution in [0.1, 0.15) is 12.5 Å². The van der Waals surface area contributed by atoms with Gasteiger partial charge in [0.05, 0.1) is 4.90 Å². The molecule has 1 unspecified atom stereocenters. The standard InChI is InChI=1S/C21H18F3N3O4S2/c1-2-27(13-25)20(28)18(11-14-12-32-19-6-4-3-5-17(14)19)26-33(29,30)16-9-7-15(8-10-16)31-21(22,23)24/h3-10,12,18,26H,2,11H2,1H3. The number of amides is 1. The molecular weight excluding hydrogens is 479 g/mol. The Hall–Kier alpha value is -3.14. The second-order valence-electron chi connectivity index (χ2n) is 6.84. The van der Waals surface area contributed by atoms with Gasteiger partial charge in [0.1, 0.15) is 11.8 Å². The normalized spacial score (nSPS) is 12.8. The van der Waals surface area contributed by atoms with Crippen LogP contribution in [0.4, 0.5) is 13.2 Å². The van der Waals surface area contributed by atoms with E-state index in [0.29, 0.717) is 0 Å². The topological polar surface area (TPSA) is 99.5 Å². The van der Waals surface area contributed by atoms with E-state index < -0.39 is 34.1 Å². The van der Waals surface area contributed by atoms with Crippen LogP contribution in [0.25, 0.3) is 10.1 Å². The number of fused-ring (bicyclic) bond motifs is 1. The fourth-order valence-corrected chi connectivity index (χ4v) is 5.29. The summed E-state index contributed by atoms with van der Waals surface area (Å²) in [5.74, 6) is -1.32. The van der Waals surface area contributed by atoms with E-state index in [4.69, 9.17) is 0 Å². The summed E-state index contributed by atoms with van der Waals surface area (Å²) in [6.45, 7) is 1.62. The number of halogens is 3. The van der Waals surface area contributed by atoms with Gasteiger partial charge in [-0.2, -0.15) is 9.98 Å². The molecule has 0 saturated heterocycles. The minimum Gasteiger partial charge on any atom is -0.406 e. The number of nitrogens with one attached hydrogen (secondary N) is 1. The average molecular weight is 498 g/mol. The predicted molar refractivity (Wildman–Crippen MR) is 116 cm³/mol. The summed E-state index contributed by atoms with van der Waals surface area (Å²) >= 11 is 1.44. The van der Waals surface area contributed by atoms with E-state index in [-0.39, 0.29) is 17.9 Å². The lowest BCUT2D eigenvalue weighted by Gasteiger charge is -2.21. The highest BCUT2D eigenvalue weighted by atomic mass is 32.2. The van der Waals surface area contributed by atoms with Gasteiger partial charge in [-0.3, -0.25) is 4.79 Å². The maximum Gasteiger partial charge on any atom is 0.573 e. The molecule has 3 aromatic rings. The molecular formula is C21H18F3N3O4S2. The van der Waals surface area contributed by atoms with E-state index in [9.17, 15) is 31.6 Å². The van der Waals surface area contributed by atoms with Gasteiger partial charge in [-0.05, 0) is 60.0 Å². The number of nitrogens with zero attached hydrogens (tertiary/aromatic N) is 2. The minimum atomic E-state index is -4.92. The van der Waals surface area contributed by atoms with Crippen molar-refractivity contribution in [1.82, 2.24) is 9.62 Å². The van der Waals surface area contributed by atoms with Gasteiger partial charge in [0, 0.05) is 11.2 Å². The summed E-state index contributed by atoms with van der Waals surface area (Å²) in [5, 5.41) is 11.9. The van der Waals surface area contributed by atoms with Crippen molar-refractivity contribution in [3.63, 3.8) is 0 Å². The first kappa shape index (κ1) is 24.5. The molecule has 7 nitrogen and oxygen atoms in total. The van der Waals surface area contributed by atoms with E-state index in [1.807, 2.05) is 29.6 Å². The minimum absolute atomic E-state index is 0.0183. The van der Waals surface area contributed by atoms with Crippen LogP contribution in [0, 0.1) is 11.5 Å². The van der Waals surface area contributed by atoms with Crippen molar-refractivity contribution in [3.05, 3.63) is 59.5 Å². The van der Waals surface area contributed by atoms with Crippen molar-refractivity contribution >= 4 is 37.4 Å². The number of nitriles is 1. The molecule has 1 N–H and O–H groups in total. The number of carbonyl (C=O) groups is 1. The van der Waals surface area contributed by atoms with Crippen LogP contribution in [0.15, 0.2) is 58.8 Å². The highest BCUT2D eigenvalue weighted by molar-refractivity contribution is 7.89. The molecule has 0 bridgehead atoms. The summed E-state index contributed by atoms with van der Waals surface area (Å²) in [4.78, 5) is 13.4. The van der Waals surface area contributed by atoms with E-state index in [2.05, 4.69) is 9.46 Å². The predicted octanol–water partition coefficient (Wildman–Crippen LogP) is 4.02. The lowest BCUT2D eigenvalue weighted by atomic mass is 10.0. The van der Waals surface area contributed by atoms with Gasteiger partial charge in [0.15, 0.2) is 6.19 Å². The van der Waals surface area contributed by atoms with Crippen LogP contribution in [0.2, 0.25) is 0 Å². The zero-order valence-electron chi connectivity index (χ0n) is 17.2. The van der Waals surface area contributed by atoms with E-state index in [1.165, 1.54) is 11.3 Å². The highest BCUT2D eigenvalue weighted by Gasteiger charge is 2.32. The van der Waals surface area contributed by atoms with Crippen molar-refractivity contribution in [3.8, 4) is 11.9 Å². The van der Waals surface area contributed by atoms with Crippen molar-refractivity contribution in [1.29, 1.82) is 5.26 Å². The first-order valence-electron chi connectivity index (χ1n) is 9.58. The molecule has 33 heavy (non-hydrogen) atoms. The molecule has 1 aromatic heterocycles. The second kappa shape index (κ2) is 9.78. The smallest absolute Gasteiger partial charge is 0.406 e. The average Bonchev–Trinajstić information content (AvgIpc) is 3.16. The molecule has 3 rings (SSSR count). The molecule has 0 fully saturated rings. The van der Waals surface area contributed by atoms with Crippen molar-refractivity contribution in [2.24, 2.45) is 0 Å². The second-order valence-corrected chi connectivity index (χ2v) is 9.46. The van der Waals surface area contributed by atoms with Gasteiger partial charge in [0.25, 0.3) is 5.91 Å². The van der Waals surface area contributed by atoms with Crippen molar-refractivity contribution in [2.75, 3.05) is 6.54 Å². The number of carbonyl (C=O) groups excluding carboxylic acids is 1. The Labute approximate surface area is 192 Å². The van der Waals surface area contributed by atoms with Crippen molar-refractivity contribution in [2.45, 2.75) is 30.6 Å². The molecule has 1 amide bonds. The Morgan fingerprint density at radius 3 is 2.48 bits per heavy atom. The van der Waals surface area contributed by atoms with Gasteiger partial charge in [-0.15, -0.1) is 24.5 Å². The number of hydrogen-bond acceptors (Lipinski definition) is 6. The zero-order valence-corrected chi connectivity index (χ0v) is 18.8. The van der Waals surface area contributed by atoms with Gasteiger partial charge in [-0.25, -0.2) is 13.3 Å². The quantitative estimate of drug-likeness (QED) is 0.374. The lowest BCUT2D eigenvalue weighted by Crippen LogP contribution is -2.48. The molecule has 1 atom stereocenters. The Balaban J connectivity index is 1.90. The van der Waals surface area contributed by atoms with Crippen molar-refractivity contribution < 1.29 is 31.1 Å². The number of sulfonamides is 1. The zero-order chi connectivity index (χ0) is 24.2. The molecule has 0 spiro atoms. The molecule has 2 aromatic carbocycles. The van der Waals surface area contributed by atoms with E-state index >= 15 is 0 Å². The number of likely N-dealkylation sites (N-methyl/N-ethyl adjacent to an activating group) is 1. The first-order valence-corrected chi connectivity index (χ1v) is 11.9. The molecule has 0 aliphatic rings. The number of thiophene rings is 1. The monoisotopic (exact) mass is 497 g/mol. The summed E-state index contributed by atoms with van der Waals surface area (Å²) in [7, 11) is -4.31. The number of alkyl halides is 3. The molecule has 174 valence electrons. The van der Waals surface area contributed by atoms with E-state index in [0.717, 1.165) is 44.8 Å². The van der Waals surface area contributed by atoms with Crippen LogP contribution in [-0.2, 0) is 21.2 Å². The largest absolute Gasteiger partial charge is 0.573 e. The Bertz CT molecular complexity index is 1280. The third kappa shape index (κ3) is 6.01. The number of benzene rings is 2. The van der Waals surface area contributed by atoms with Gasteiger partial charge >= 0.3 is 6.36 Å². The Morgan fingerprint density at radius 1 is 1.21 bits per heavy atom. The molecule has 12 heteroatoms. The van der Waals surface area contributed by atoms with Gasteiger partial charge in [-0.1, -0.05) is 18.2 Å². The number of hydrogen-bond donors (Lipinski definition) is 1. The molecule has 0 aliphatic heterocycles. The van der Waals surface area contributed by atoms with E-state index in [1.54, 1.807) is 13.1 Å². The van der Waals surface area contributed by atoms with Crippen LogP contribution in [0.5, 0.6) is 5.75 Å². The van der Waals surface area contributed by atoms with Crippen LogP contribution in [0.3, 0.4) is 0 Å². The van der Waals surface area contributed by atoms with Crippen LogP contribution in [-0.4, -0.2) is 38.2 Å². The van der Waals surface area contributed by atoms with Gasteiger partial charge in [0.2, 0.25) is 10.0 Å². The Morgan fingerprint density at radius 2 is 1.88 bits per heavy atom. The summed E-state index contributed by atoms with van der Waals surface area (Å²) in [5.41, 5.74) is 0.722. The summed E-state index contributed by atoms with van der Waals surface area (Å²) in [6.07, 6.45) is -3.20. The molecule has 1 heterocycles. The fraction of sp³-hybridized carbons (Fsp3) is 0.238. The SMILES string of the molecule is CCN(C#N)C(=O)C(Cc1csc2ccccc12)NS(=O)(=O)c1ccc(OC(F)(F)F)cc1. The highest BCUT2D eigenvalue weighted by Crippen LogP contribution is 2.28. The van der Waals surface area contributed by atoms with Gasteiger partial charge < -0.3 is 4.74 Å². The first-order chi connectivity index (χ1) is 15.5. The van der Waals surface area contributed by atoms with Crippen LogP contribution < -0.4 is 9.46 Å². The maximum atomic E-state index is 12.9. The summed E-state index contributed by atoms with van der Waals surface area (Å²) in [6, 6.07) is 9.70. The van der Waals surface area contributed by atoms with Crippen LogP contribution >= 0.6 is 11.3 Å². The molecule has 0 aliphatic carbocycles. The fourth-order valence-electron chi connectivity index (χ4n) is 3.13. The lowest BCUT2D eigenvalue weighted by molar-refractivity contribution is -0.274. The third-order valence-electron chi connectivity index (χ3n) is 4.65. The number of rotatable bonds is 8. The third-order valence-corrected chi connectivity index (χ3v) is 7.15. The Kier molecular flexibility index (Phi) is 7.26. The molecule has 0 saturated carbocycles. The summed E-state index contributed by atoms with van der Waals surface area (Å²) < 4.78 is 69.9. The number of ether oxygens (including phenoxy) is 1.